The maximum Gasteiger partial charge on any atom is 0.234 e. The summed E-state index contributed by atoms with van der Waals surface area (Å²) < 4.78 is 2.36. The number of nitrogens with one attached hydrogen (secondary N) is 1. The molecule has 0 saturated carbocycles. The van der Waals surface area contributed by atoms with E-state index in [-0.39, 0.29) is 5.91 Å². The van der Waals surface area contributed by atoms with Crippen LogP contribution in [0, 0.1) is 6.92 Å². The molecule has 2 aliphatic rings. The van der Waals surface area contributed by atoms with Crippen LogP contribution < -0.4 is 5.32 Å². The Balaban J connectivity index is 1.34. The molecule has 0 bridgehead atoms. The van der Waals surface area contributed by atoms with Crippen LogP contribution in [-0.2, 0) is 24.3 Å². The molecule has 1 saturated heterocycles. The number of carbonyl (C=O) groups excluding carboxylic acids is 1. The first-order valence-electron chi connectivity index (χ1n) is 10.1. The highest BCUT2D eigenvalue weighted by molar-refractivity contribution is 7.10. The predicted molar refractivity (Wildman–Crippen MR) is 107 cm³/mol. The fourth-order valence-corrected chi connectivity index (χ4v) is 5.09. The minimum Gasteiger partial charge on any atom is -0.350 e. The summed E-state index contributed by atoms with van der Waals surface area (Å²) in [5.74, 6) is 2.81. The van der Waals surface area contributed by atoms with Crippen molar-refractivity contribution in [2.24, 2.45) is 0 Å². The minimum absolute atomic E-state index is 0.114. The van der Waals surface area contributed by atoms with Gasteiger partial charge in [0.05, 0.1) is 13.1 Å². The molecule has 1 atom stereocenters. The lowest BCUT2D eigenvalue weighted by Gasteiger charge is -2.31. The van der Waals surface area contributed by atoms with Crippen molar-refractivity contribution in [3.63, 3.8) is 0 Å². The van der Waals surface area contributed by atoms with E-state index < -0.39 is 0 Å². The molecule has 4 rings (SSSR count). The first kappa shape index (κ1) is 18.6. The van der Waals surface area contributed by atoms with Crippen LogP contribution in [0.5, 0.6) is 0 Å². The molecule has 2 aliphatic heterocycles. The van der Waals surface area contributed by atoms with Gasteiger partial charge in [-0.1, -0.05) is 6.42 Å². The van der Waals surface area contributed by atoms with Gasteiger partial charge in [-0.15, -0.1) is 21.5 Å². The van der Waals surface area contributed by atoms with Crippen LogP contribution in [0.3, 0.4) is 0 Å². The van der Waals surface area contributed by atoms with Crippen LogP contribution in [0.4, 0.5) is 0 Å². The molecule has 0 radical (unpaired) electrons. The number of hydrogen-bond donors (Lipinski definition) is 1. The fraction of sp³-hybridized carbons (Fsp3) is 0.650. The van der Waals surface area contributed by atoms with E-state index in [1.54, 1.807) is 11.3 Å². The van der Waals surface area contributed by atoms with E-state index in [1.165, 1.54) is 29.7 Å². The number of piperidine rings is 1. The van der Waals surface area contributed by atoms with E-state index >= 15 is 0 Å². The number of hydrogen-bond acceptors (Lipinski definition) is 5. The molecule has 1 N–H and O–H groups in total. The first-order chi connectivity index (χ1) is 13.2. The SMILES string of the molecule is Cc1ccsc1CNC(=O)CN1CCCC(c2nnc3n2CCCCC3)C1. The normalized spacial score (nSPS) is 20.9. The summed E-state index contributed by atoms with van der Waals surface area (Å²) in [7, 11) is 0. The highest BCUT2D eigenvalue weighted by Gasteiger charge is 2.28. The van der Waals surface area contributed by atoms with Gasteiger partial charge < -0.3 is 9.88 Å². The van der Waals surface area contributed by atoms with Crippen molar-refractivity contribution in [3.8, 4) is 0 Å². The monoisotopic (exact) mass is 387 g/mol. The Bertz CT molecular complexity index is 783. The summed E-state index contributed by atoms with van der Waals surface area (Å²) >= 11 is 1.70. The third-order valence-electron chi connectivity index (χ3n) is 5.79. The molecule has 6 nitrogen and oxygen atoms in total. The Labute approximate surface area is 165 Å². The lowest BCUT2D eigenvalue weighted by molar-refractivity contribution is -0.122. The zero-order valence-electron chi connectivity index (χ0n) is 16.1. The average molecular weight is 388 g/mol. The van der Waals surface area contributed by atoms with Crippen molar-refractivity contribution in [2.75, 3.05) is 19.6 Å². The second kappa shape index (κ2) is 8.52. The van der Waals surface area contributed by atoms with E-state index in [4.69, 9.17) is 0 Å². The second-order valence-corrected chi connectivity index (χ2v) is 8.82. The third kappa shape index (κ3) is 4.41. The van der Waals surface area contributed by atoms with E-state index in [0.29, 0.717) is 19.0 Å². The molecule has 1 amide bonds. The predicted octanol–water partition coefficient (Wildman–Crippen LogP) is 2.87. The van der Waals surface area contributed by atoms with E-state index in [2.05, 4.69) is 43.4 Å². The van der Waals surface area contributed by atoms with Crippen molar-refractivity contribution >= 4 is 17.2 Å². The highest BCUT2D eigenvalue weighted by atomic mass is 32.1. The van der Waals surface area contributed by atoms with Crippen LogP contribution in [0.2, 0.25) is 0 Å². The molecule has 0 spiro atoms. The highest BCUT2D eigenvalue weighted by Crippen LogP contribution is 2.27. The van der Waals surface area contributed by atoms with Crippen LogP contribution >= 0.6 is 11.3 Å². The summed E-state index contributed by atoms with van der Waals surface area (Å²) in [4.78, 5) is 15.9. The van der Waals surface area contributed by atoms with Crippen molar-refractivity contribution in [3.05, 3.63) is 33.5 Å². The molecule has 2 aromatic rings. The van der Waals surface area contributed by atoms with Gasteiger partial charge in [0, 0.05) is 30.3 Å². The summed E-state index contributed by atoms with van der Waals surface area (Å²) in [6, 6.07) is 2.10. The standard InChI is InChI=1S/C20H29N5OS/c1-15-8-11-27-17(15)12-21-19(26)14-24-9-5-6-16(13-24)20-23-22-18-7-3-2-4-10-25(18)20/h8,11,16H,2-7,9-10,12-14H2,1H3,(H,21,26). The molecule has 146 valence electrons. The summed E-state index contributed by atoms with van der Waals surface area (Å²) in [5.41, 5.74) is 1.26. The van der Waals surface area contributed by atoms with Gasteiger partial charge in [0.1, 0.15) is 11.6 Å². The Hall–Kier alpha value is -1.73. The van der Waals surface area contributed by atoms with Gasteiger partial charge in [-0.25, -0.2) is 0 Å². The molecule has 1 unspecified atom stereocenters. The zero-order chi connectivity index (χ0) is 18.6. The minimum atomic E-state index is 0.114. The summed E-state index contributed by atoms with van der Waals surface area (Å²) in [6.45, 7) is 6.15. The molecular formula is C20H29N5OS. The lowest BCUT2D eigenvalue weighted by atomic mass is 9.97. The molecule has 2 aromatic heterocycles. The van der Waals surface area contributed by atoms with Crippen LogP contribution in [-0.4, -0.2) is 45.2 Å². The quantitative estimate of drug-likeness (QED) is 0.857. The molecule has 4 heterocycles. The number of amides is 1. The second-order valence-electron chi connectivity index (χ2n) is 7.81. The molecule has 1 fully saturated rings. The summed E-state index contributed by atoms with van der Waals surface area (Å²) in [5, 5.41) is 14.2. The number of carbonyl (C=O) groups is 1. The Morgan fingerprint density at radius 2 is 2.19 bits per heavy atom. The van der Waals surface area contributed by atoms with Crippen LogP contribution in [0.1, 0.15) is 60.1 Å². The largest absolute Gasteiger partial charge is 0.350 e. The zero-order valence-corrected chi connectivity index (χ0v) is 16.9. The number of thiophene rings is 1. The Kier molecular flexibility index (Phi) is 5.88. The van der Waals surface area contributed by atoms with Crippen molar-refractivity contribution in [1.82, 2.24) is 25.0 Å². The first-order valence-corrected chi connectivity index (χ1v) is 11.0. The molecule has 0 aromatic carbocycles. The maximum absolute atomic E-state index is 12.4. The number of likely N-dealkylation sites (tertiary alicyclic amines) is 1. The number of rotatable bonds is 5. The van der Waals surface area contributed by atoms with Crippen LogP contribution in [0.25, 0.3) is 0 Å². The summed E-state index contributed by atoms with van der Waals surface area (Å²) in [6.07, 6.45) is 7.03. The molecular weight excluding hydrogens is 358 g/mol. The van der Waals surface area contributed by atoms with Gasteiger partial charge in [0.25, 0.3) is 0 Å². The van der Waals surface area contributed by atoms with Gasteiger partial charge >= 0.3 is 0 Å². The molecule has 0 aliphatic carbocycles. The number of nitrogens with zero attached hydrogens (tertiary/aromatic N) is 4. The topological polar surface area (TPSA) is 63.1 Å². The number of aromatic nitrogens is 3. The smallest absolute Gasteiger partial charge is 0.234 e. The molecule has 7 heteroatoms. The average Bonchev–Trinajstić information content (AvgIpc) is 3.19. The van der Waals surface area contributed by atoms with E-state index in [9.17, 15) is 4.79 Å². The van der Waals surface area contributed by atoms with Crippen molar-refractivity contribution < 1.29 is 4.79 Å². The number of aryl methyl sites for hydroxylation is 2. The van der Waals surface area contributed by atoms with Gasteiger partial charge in [-0.05, 0) is 56.2 Å². The van der Waals surface area contributed by atoms with Crippen LogP contribution in [0.15, 0.2) is 11.4 Å². The van der Waals surface area contributed by atoms with Gasteiger partial charge in [-0.2, -0.15) is 0 Å². The Morgan fingerprint density at radius 3 is 3.04 bits per heavy atom. The number of fused-ring (bicyclic) bond motifs is 1. The van der Waals surface area contributed by atoms with Crippen molar-refractivity contribution in [1.29, 1.82) is 0 Å². The third-order valence-corrected chi connectivity index (χ3v) is 6.81. The maximum atomic E-state index is 12.4. The fourth-order valence-electron chi connectivity index (χ4n) is 4.24. The van der Waals surface area contributed by atoms with Gasteiger partial charge in [0.15, 0.2) is 0 Å². The molecule has 27 heavy (non-hydrogen) atoms. The van der Waals surface area contributed by atoms with Gasteiger partial charge in [0.2, 0.25) is 5.91 Å². The van der Waals surface area contributed by atoms with E-state index in [0.717, 1.165) is 50.5 Å². The van der Waals surface area contributed by atoms with Crippen molar-refractivity contribution in [2.45, 2.75) is 64.5 Å². The van der Waals surface area contributed by atoms with E-state index in [1.807, 2.05) is 0 Å². The Morgan fingerprint density at radius 1 is 1.26 bits per heavy atom. The van der Waals surface area contributed by atoms with Gasteiger partial charge in [-0.3, -0.25) is 9.69 Å². The lowest BCUT2D eigenvalue weighted by Crippen LogP contribution is -2.42.